The molecule has 2 unspecified atom stereocenters. The molecule has 6 heteroatoms. The summed E-state index contributed by atoms with van der Waals surface area (Å²) in [5.74, 6) is 1.38. The van der Waals surface area contributed by atoms with Crippen LogP contribution in [0.2, 0.25) is 0 Å². The van der Waals surface area contributed by atoms with E-state index in [1.165, 1.54) is 23.2 Å². The molecular weight excluding hydrogens is 470 g/mol. The molecule has 6 nitrogen and oxygen atoms in total. The van der Waals surface area contributed by atoms with Crippen LogP contribution in [0.3, 0.4) is 0 Å². The van der Waals surface area contributed by atoms with Crippen molar-refractivity contribution in [1.29, 1.82) is 0 Å². The quantitative estimate of drug-likeness (QED) is 0.224. The van der Waals surface area contributed by atoms with Gasteiger partial charge in [-0.1, -0.05) is 62.7 Å². The van der Waals surface area contributed by atoms with Gasteiger partial charge in [-0.25, -0.2) is 9.97 Å². The lowest BCUT2D eigenvalue weighted by atomic mass is 10.0. The molecule has 0 aliphatic rings. The van der Waals surface area contributed by atoms with Gasteiger partial charge in [0.15, 0.2) is 0 Å². The Balaban J connectivity index is 1.77. The molecule has 0 spiro atoms. The van der Waals surface area contributed by atoms with Crippen molar-refractivity contribution in [3.63, 3.8) is 0 Å². The fourth-order valence-corrected chi connectivity index (χ4v) is 4.41. The number of anilines is 2. The van der Waals surface area contributed by atoms with E-state index in [0.29, 0.717) is 18.5 Å². The molecule has 3 rings (SSSR count). The highest BCUT2D eigenvalue weighted by Crippen LogP contribution is 2.26. The van der Waals surface area contributed by atoms with Gasteiger partial charge in [0.25, 0.3) is 0 Å². The first-order valence-electron chi connectivity index (χ1n) is 14.1. The molecular formula is C32H47N5O. The highest BCUT2D eigenvalue weighted by molar-refractivity contribution is 5.49. The Bertz CT molecular complexity index is 1090. The number of nitrogens with zero attached hydrogens (tertiary/aromatic N) is 4. The van der Waals surface area contributed by atoms with Gasteiger partial charge in [0, 0.05) is 49.3 Å². The van der Waals surface area contributed by atoms with E-state index >= 15 is 0 Å². The van der Waals surface area contributed by atoms with Gasteiger partial charge in [0.2, 0.25) is 5.95 Å². The van der Waals surface area contributed by atoms with Crippen LogP contribution in [0.4, 0.5) is 11.6 Å². The number of hydrogen-bond donors (Lipinski definition) is 1. The fourth-order valence-electron chi connectivity index (χ4n) is 4.41. The van der Waals surface area contributed by atoms with Gasteiger partial charge in [-0.2, -0.15) is 0 Å². The maximum Gasteiger partial charge on any atom is 0.222 e. The molecule has 0 amide bonds. The van der Waals surface area contributed by atoms with Crippen LogP contribution in [0.25, 0.3) is 0 Å². The second kappa shape index (κ2) is 15.5. The lowest BCUT2D eigenvalue weighted by Gasteiger charge is -2.27. The van der Waals surface area contributed by atoms with Crippen LogP contribution in [0.5, 0.6) is 0 Å². The van der Waals surface area contributed by atoms with Crippen LogP contribution in [0, 0.1) is 12.8 Å². The number of hydrogen-bond acceptors (Lipinski definition) is 6. The van der Waals surface area contributed by atoms with Gasteiger partial charge < -0.3 is 19.9 Å². The SMILES string of the molecule is CCNc1ncc(CN(CCC(C)CC)c2cccc(COC(CCN(C)C)c3ccccc3)c2)c(C)n1. The van der Waals surface area contributed by atoms with Gasteiger partial charge >= 0.3 is 0 Å². The average molecular weight is 518 g/mol. The van der Waals surface area contributed by atoms with E-state index in [0.717, 1.165) is 50.3 Å². The predicted molar refractivity (Wildman–Crippen MR) is 160 cm³/mol. The van der Waals surface area contributed by atoms with E-state index < -0.39 is 0 Å². The highest BCUT2D eigenvalue weighted by Gasteiger charge is 2.15. The Morgan fingerprint density at radius 1 is 0.974 bits per heavy atom. The van der Waals surface area contributed by atoms with Gasteiger partial charge in [-0.05, 0) is 70.0 Å². The topological polar surface area (TPSA) is 53.5 Å². The van der Waals surface area contributed by atoms with E-state index in [2.05, 4.69) is 121 Å². The molecule has 1 N–H and O–H groups in total. The zero-order chi connectivity index (χ0) is 27.3. The molecule has 0 aliphatic heterocycles. The first-order chi connectivity index (χ1) is 18.4. The van der Waals surface area contributed by atoms with Crippen LogP contribution in [0.15, 0.2) is 60.8 Å². The molecule has 3 aromatic rings. The van der Waals surface area contributed by atoms with Crippen molar-refractivity contribution in [2.45, 2.75) is 66.2 Å². The van der Waals surface area contributed by atoms with E-state index in [9.17, 15) is 0 Å². The van der Waals surface area contributed by atoms with Gasteiger partial charge in [-0.3, -0.25) is 0 Å². The summed E-state index contributed by atoms with van der Waals surface area (Å²) in [6.45, 7) is 12.9. The minimum Gasteiger partial charge on any atom is -0.369 e. The number of aryl methyl sites for hydroxylation is 1. The molecule has 0 bridgehead atoms. The number of rotatable bonds is 16. The molecule has 2 atom stereocenters. The highest BCUT2D eigenvalue weighted by atomic mass is 16.5. The maximum absolute atomic E-state index is 6.52. The Hall–Kier alpha value is -2.96. The Morgan fingerprint density at radius 3 is 2.45 bits per heavy atom. The summed E-state index contributed by atoms with van der Waals surface area (Å²) in [6, 6.07) is 19.4. The first kappa shape index (κ1) is 29.6. The van der Waals surface area contributed by atoms with Crippen molar-refractivity contribution in [3.05, 3.63) is 83.2 Å². The van der Waals surface area contributed by atoms with Gasteiger partial charge in [0.1, 0.15) is 0 Å². The van der Waals surface area contributed by atoms with Crippen LogP contribution in [-0.4, -0.2) is 48.6 Å². The Labute approximate surface area is 230 Å². The molecule has 1 heterocycles. The molecule has 1 aromatic heterocycles. The second-order valence-corrected chi connectivity index (χ2v) is 10.5. The molecule has 0 radical (unpaired) electrons. The summed E-state index contributed by atoms with van der Waals surface area (Å²) in [6.07, 6.45) is 5.33. The van der Waals surface area contributed by atoms with Crippen LogP contribution in [-0.2, 0) is 17.9 Å². The van der Waals surface area contributed by atoms with Crippen LogP contribution >= 0.6 is 0 Å². The lowest BCUT2D eigenvalue weighted by molar-refractivity contribution is 0.0296. The maximum atomic E-state index is 6.52. The minimum atomic E-state index is 0.0683. The van der Waals surface area contributed by atoms with Crippen molar-refractivity contribution in [2.75, 3.05) is 43.9 Å². The fraction of sp³-hybridized carbons (Fsp3) is 0.500. The molecule has 0 saturated carbocycles. The molecule has 0 aliphatic carbocycles. The van der Waals surface area contributed by atoms with E-state index in [4.69, 9.17) is 4.74 Å². The smallest absolute Gasteiger partial charge is 0.222 e. The molecule has 206 valence electrons. The number of ether oxygens (including phenoxy) is 1. The summed E-state index contributed by atoms with van der Waals surface area (Å²) in [5.41, 5.74) is 5.82. The van der Waals surface area contributed by atoms with Crippen molar-refractivity contribution < 1.29 is 4.74 Å². The first-order valence-corrected chi connectivity index (χ1v) is 14.1. The van der Waals surface area contributed by atoms with Gasteiger partial charge in [0.05, 0.1) is 12.7 Å². The number of benzene rings is 2. The standard InChI is InChI=1S/C32H47N5O/c1-7-25(3)17-20-37(23-29-22-34-32(33-8-2)35-26(29)4)30-16-12-13-27(21-30)24-38-31(18-19-36(5)6)28-14-10-9-11-15-28/h9-16,21-22,25,31H,7-8,17-20,23-24H2,1-6H3,(H,33,34,35). The van der Waals surface area contributed by atoms with Crippen LogP contribution in [0.1, 0.15) is 68.5 Å². The normalized spacial score (nSPS) is 12.9. The number of nitrogens with one attached hydrogen (secondary N) is 1. The minimum absolute atomic E-state index is 0.0683. The third-order valence-corrected chi connectivity index (χ3v) is 7.10. The number of aromatic nitrogens is 2. The molecule has 2 aromatic carbocycles. The molecule has 38 heavy (non-hydrogen) atoms. The summed E-state index contributed by atoms with van der Waals surface area (Å²) in [4.78, 5) is 13.9. The monoisotopic (exact) mass is 517 g/mol. The summed E-state index contributed by atoms with van der Waals surface area (Å²) in [5, 5.41) is 3.21. The third kappa shape index (κ3) is 9.41. The molecule has 0 saturated heterocycles. The van der Waals surface area contributed by atoms with E-state index in [-0.39, 0.29) is 6.10 Å². The van der Waals surface area contributed by atoms with Crippen molar-refractivity contribution in [2.24, 2.45) is 5.92 Å². The van der Waals surface area contributed by atoms with E-state index in [1.807, 2.05) is 6.20 Å². The zero-order valence-corrected chi connectivity index (χ0v) is 24.3. The van der Waals surface area contributed by atoms with E-state index in [1.54, 1.807) is 0 Å². The summed E-state index contributed by atoms with van der Waals surface area (Å²) >= 11 is 0. The second-order valence-electron chi connectivity index (χ2n) is 10.5. The van der Waals surface area contributed by atoms with Crippen molar-refractivity contribution >= 4 is 11.6 Å². The lowest BCUT2D eigenvalue weighted by Crippen LogP contribution is -2.26. The summed E-state index contributed by atoms with van der Waals surface area (Å²) < 4.78 is 6.52. The largest absolute Gasteiger partial charge is 0.369 e. The Kier molecular flexibility index (Phi) is 12.0. The van der Waals surface area contributed by atoms with Crippen molar-refractivity contribution in [3.8, 4) is 0 Å². The summed E-state index contributed by atoms with van der Waals surface area (Å²) in [7, 11) is 4.22. The van der Waals surface area contributed by atoms with Gasteiger partial charge in [-0.15, -0.1) is 0 Å². The predicted octanol–water partition coefficient (Wildman–Crippen LogP) is 6.87. The van der Waals surface area contributed by atoms with Crippen LogP contribution < -0.4 is 10.2 Å². The average Bonchev–Trinajstić information content (AvgIpc) is 2.92. The molecule has 0 fully saturated rings. The third-order valence-electron chi connectivity index (χ3n) is 7.10. The Morgan fingerprint density at radius 2 is 1.76 bits per heavy atom. The zero-order valence-electron chi connectivity index (χ0n) is 24.3. The van der Waals surface area contributed by atoms with Crippen molar-refractivity contribution in [1.82, 2.24) is 14.9 Å².